The fraction of sp³-hybridized carbons (Fsp3) is 0.429. The predicted octanol–water partition coefficient (Wildman–Crippen LogP) is 1.10. The Morgan fingerprint density at radius 2 is 1.80 bits per heavy atom. The molecule has 0 fully saturated rings. The summed E-state index contributed by atoms with van der Waals surface area (Å²) in [5.41, 5.74) is 4.99. The van der Waals surface area contributed by atoms with E-state index >= 15 is 0 Å². The molecule has 0 radical (unpaired) electrons. The Morgan fingerprint density at radius 3 is 2.25 bits per heavy atom. The lowest BCUT2D eigenvalue weighted by atomic mass is 10.0. The topological polar surface area (TPSA) is 102 Å². The van der Waals surface area contributed by atoms with E-state index in [2.05, 4.69) is 5.32 Å². The number of primary amides is 1. The molecular formula is C14H20N2O4. The zero-order chi connectivity index (χ0) is 15.3. The van der Waals surface area contributed by atoms with Gasteiger partial charge in [-0.25, -0.2) is 4.79 Å². The van der Waals surface area contributed by atoms with E-state index in [4.69, 9.17) is 10.5 Å². The molecule has 2 amide bonds. The first-order chi connectivity index (χ1) is 9.20. The third-order valence-corrected chi connectivity index (χ3v) is 2.44. The third kappa shape index (κ3) is 4.89. The quantitative estimate of drug-likeness (QED) is 0.768. The number of hydrogen-bond acceptors (Lipinski definition) is 4. The zero-order valence-electron chi connectivity index (χ0n) is 11.8. The average Bonchev–Trinajstić information content (AvgIpc) is 2.34. The third-order valence-electron chi connectivity index (χ3n) is 2.44. The molecule has 0 spiro atoms. The summed E-state index contributed by atoms with van der Waals surface area (Å²) in [4.78, 5) is 23.1. The summed E-state index contributed by atoms with van der Waals surface area (Å²) >= 11 is 0. The summed E-state index contributed by atoms with van der Waals surface area (Å²) in [6.45, 7) is 5.08. The summed E-state index contributed by atoms with van der Waals surface area (Å²) in [7, 11) is 0. The lowest BCUT2D eigenvalue weighted by molar-refractivity contribution is -0.122. The van der Waals surface area contributed by atoms with Gasteiger partial charge in [0.2, 0.25) is 5.91 Å². The van der Waals surface area contributed by atoms with Crippen molar-refractivity contribution in [1.82, 2.24) is 5.32 Å². The maximum atomic E-state index is 11.7. The molecule has 1 rings (SSSR count). The molecule has 0 aliphatic heterocycles. The number of benzene rings is 1. The number of nitrogens with one attached hydrogen (secondary N) is 1. The van der Waals surface area contributed by atoms with Crippen LogP contribution in [0.4, 0.5) is 4.79 Å². The van der Waals surface area contributed by atoms with Crippen molar-refractivity contribution in [2.24, 2.45) is 5.73 Å². The standard InChI is InChI=1S/C14H20N2O4/c1-14(2,3)20-13(19)16-10(12(15)18)11(17)9-7-5-4-6-8-9/h4-8,10-11,17H,1-3H3,(H2,15,18)(H,16,19)/t10-,11-/m1/s1. The van der Waals surface area contributed by atoms with Gasteiger partial charge in [-0.05, 0) is 26.3 Å². The Morgan fingerprint density at radius 1 is 1.25 bits per heavy atom. The van der Waals surface area contributed by atoms with E-state index in [-0.39, 0.29) is 0 Å². The number of alkyl carbamates (subject to hydrolysis) is 1. The summed E-state index contributed by atoms with van der Waals surface area (Å²) in [6.07, 6.45) is -2.04. The molecule has 0 aliphatic rings. The number of carbonyl (C=O) groups is 2. The number of rotatable bonds is 4. The molecule has 6 nitrogen and oxygen atoms in total. The lowest BCUT2D eigenvalue weighted by Crippen LogP contribution is -2.49. The van der Waals surface area contributed by atoms with Crippen LogP contribution >= 0.6 is 0 Å². The largest absolute Gasteiger partial charge is 0.444 e. The Labute approximate surface area is 117 Å². The number of nitrogens with two attached hydrogens (primary N) is 1. The van der Waals surface area contributed by atoms with Gasteiger partial charge < -0.3 is 20.9 Å². The maximum absolute atomic E-state index is 11.7. The minimum atomic E-state index is -1.26. The summed E-state index contributed by atoms with van der Waals surface area (Å²) in [6, 6.07) is 7.21. The van der Waals surface area contributed by atoms with Gasteiger partial charge in [-0.1, -0.05) is 30.3 Å². The zero-order valence-corrected chi connectivity index (χ0v) is 11.8. The Balaban J connectivity index is 2.80. The van der Waals surface area contributed by atoms with Crippen LogP contribution in [0, 0.1) is 0 Å². The van der Waals surface area contributed by atoms with Crippen LogP contribution in [0.15, 0.2) is 30.3 Å². The van der Waals surface area contributed by atoms with Gasteiger partial charge in [0.05, 0.1) is 0 Å². The van der Waals surface area contributed by atoms with Crippen molar-refractivity contribution in [1.29, 1.82) is 0 Å². The van der Waals surface area contributed by atoms with Crippen molar-refractivity contribution >= 4 is 12.0 Å². The molecule has 0 heterocycles. The van der Waals surface area contributed by atoms with Gasteiger partial charge >= 0.3 is 6.09 Å². The Kier molecular flexibility index (Phi) is 5.10. The minimum absolute atomic E-state index is 0.479. The molecule has 6 heteroatoms. The SMILES string of the molecule is CC(C)(C)OC(=O)N[C@@H](C(N)=O)[C@H](O)c1ccccc1. The van der Waals surface area contributed by atoms with E-state index in [9.17, 15) is 14.7 Å². The first-order valence-electron chi connectivity index (χ1n) is 6.22. The van der Waals surface area contributed by atoms with Crippen molar-refractivity contribution in [3.63, 3.8) is 0 Å². The van der Waals surface area contributed by atoms with Gasteiger partial charge in [-0.15, -0.1) is 0 Å². The smallest absolute Gasteiger partial charge is 0.408 e. The molecule has 1 aromatic rings. The van der Waals surface area contributed by atoms with E-state index in [1.165, 1.54) is 0 Å². The van der Waals surface area contributed by atoms with Crippen LogP contribution in [0.5, 0.6) is 0 Å². The first kappa shape index (κ1) is 16.0. The highest BCUT2D eigenvalue weighted by Crippen LogP contribution is 2.17. The normalized spacial score (nSPS) is 14.2. The van der Waals surface area contributed by atoms with E-state index in [1.807, 2.05) is 0 Å². The van der Waals surface area contributed by atoms with Crippen molar-refractivity contribution in [3.8, 4) is 0 Å². The second-order valence-corrected chi connectivity index (χ2v) is 5.38. The molecule has 0 aromatic heterocycles. The van der Waals surface area contributed by atoms with Crippen molar-refractivity contribution in [2.45, 2.75) is 38.5 Å². The van der Waals surface area contributed by atoms with Gasteiger partial charge in [-0.3, -0.25) is 4.79 Å². The van der Waals surface area contributed by atoms with Crippen LogP contribution < -0.4 is 11.1 Å². The summed E-state index contributed by atoms with van der Waals surface area (Å²) in [5, 5.41) is 12.4. The van der Waals surface area contributed by atoms with Gasteiger partial charge in [0.25, 0.3) is 0 Å². The van der Waals surface area contributed by atoms with Crippen molar-refractivity contribution in [2.75, 3.05) is 0 Å². The number of ether oxygens (including phenoxy) is 1. The van der Waals surface area contributed by atoms with E-state index in [0.717, 1.165) is 0 Å². The highest BCUT2D eigenvalue weighted by atomic mass is 16.6. The number of hydrogen-bond donors (Lipinski definition) is 3. The van der Waals surface area contributed by atoms with E-state index in [1.54, 1.807) is 51.1 Å². The van der Waals surface area contributed by atoms with Crippen molar-refractivity contribution in [3.05, 3.63) is 35.9 Å². The molecule has 0 saturated heterocycles. The van der Waals surface area contributed by atoms with Crippen molar-refractivity contribution < 1.29 is 19.4 Å². The second-order valence-electron chi connectivity index (χ2n) is 5.38. The van der Waals surface area contributed by atoms with Crippen LogP contribution in [0.1, 0.15) is 32.4 Å². The average molecular weight is 280 g/mol. The highest BCUT2D eigenvalue weighted by molar-refractivity contribution is 5.85. The fourth-order valence-corrected chi connectivity index (χ4v) is 1.58. The summed E-state index contributed by atoms with van der Waals surface area (Å²) < 4.78 is 5.04. The Bertz CT molecular complexity index is 468. The van der Waals surface area contributed by atoms with E-state index in [0.29, 0.717) is 5.56 Å². The van der Waals surface area contributed by atoms with Gasteiger partial charge in [0.1, 0.15) is 17.7 Å². The molecule has 20 heavy (non-hydrogen) atoms. The monoisotopic (exact) mass is 280 g/mol. The second kappa shape index (κ2) is 6.38. The molecule has 0 bridgehead atoms. The number of amides is 2. The van der Waals surface area contributed by atoms with Crippen LogP contribution in [0.3, 0.4) is 0 Å². The Hall–Kier alpha value is -2.08. The summed E-state index contributed by atoms with van der Waals surface area (Å²) in [5.74, 6) is -0.841. The van der Waals surface area contributed by atoms with Crippen LogP contribution in [0.2, 0.25) is 0 Å². The molecule has 2 atom stereocenters. The molecule has 0 unspecified atom stereocenters. The number of carbonyl (C=O) groups excluding carboxylic acids is 2. The molecule has 0 saturated carbocycles. The first-order valence-corrected chi connectivity index (χ1v) is 6.22. The molecule has 4 N–H and O–H groups in total. The maximum Gasteiger partial charge on any atom is 0.408 e. The van der Waals surface area contributed by atoms with Crippen LogP contribution in [-0.2, 0) is 9.53 Å². The minimum Gasteiger partial charge on any atom is -0.444 e. The fourth-order valence-electron chi connectivity index (χ4n) is 1.58. The highest BCUT2D eigenvalue weighted by Gasteiger charge is 2.29. The van der Waals surface area contributed by atoms with E-state index < -0.39 is 29.7 Å². The molecule has 0 aliphatic carbocycles. The molecular weight excluding hydrogens is 260 g/mol. The van der Waals surface area contributed by atoms with Gasteiger partial charge in [-0.2, -0.15) is 0 Å². The number of aliphatic hydroxyl groups is 1. The lowest BCUT2D eigenvalue weighted by Gasteiger charge is -2.25. The molecule has 1 aromatic carbocycles. The van der Waals surface area contributed by atoms with Gasteiger partial charge in [0, 0.05) is 0 Å². The molecule has 110 valence electrons. The van der Waals surface area contributed by atoms with Crippen LogP contribution in [0.25, 0.3) is 0 Å². The van der Waals surface area contributed by atoms with Gasteiger partial charge in [0.15, 0.2) is 0 Å². The number of aliphatic hydroxyl groups excluding tert-OH is 1. The van der Waals surface area contributed by atoms with Crippen LogP contribution in [-0.4, -0.2) is 28.7 Å². The predicted molar refractivity (Wildman–Crippen MR) is 73.8 cm³/mol.